The molecule has 0 radical (unpaired) electrons. The molecule has 0 saturated heterocycles. The maximum absolute atomic E-state index is 11.7. The minimum Gasteiger partial charge on any atom is -0.398 e. The van der Waals surface area contributed by atoms with E-state index in [1.165, 1.54) is 7.05 Å². The fourth-order valence-electron chi connectivity index (χ4n) is 1.98. The molecule has 0 spiro atoms. The van der Waals surface area contributed by atoms with Crippen LogP contribution < -0.4 is 15.4 Å². The van der Waals surface area contributed by atoms with Crippen LogP contribution >= 0.6 is 0 Å². The Morgan fingerprint density at radius 1 is 1.42 bits per heavy atom. The van der Waals surface area contributed by atoms with Crippen LogP contribution in [-0.2, 0) is 10.0 Å². The SMILES string of the molecule is CCCC(C)N(C)c1ccc(S(=O)(=O)NC)c(N)c1. The highest BCUT2D eigenvalue weighted by Crippen LogP contribution is 2.25. The lowest BCUT2D eigenvalue weighted by atomic mass is 10.1. The molecule has 0 aliphatic heterocycles. The van der Waals surface area contributed by atoms with Crippen molar-refractivity contribution in [3.05, 3.63) is 18.2 Å². The number of nitrogens with zero attached hydrogens (tertiary/aromatic N) is 1. The van der Waals surface area contributed by atoms with Crippen LogP contribution in [0.25, 0.3) is 0 Å². The maximum atomic E-state index is 11.7. The summed E-state index contributed by atoms with van der Waals surface area (Å²) in [6, 6.07) is 5.42. The third-order valence-corrected chi connectivity index (χ3v) is 4.81. The fraction of sp³-hybridized carbons (Fsp3) is 0.538. The summed E-state index contributed by atoms with van der Waals surface area (Å²) >= 11 is 0. The zero-order chi connectivity index (χ0) is 14.6. The molecule has 0 saturated carbocycles. The van der Waals surface area contributed by atoms with Gasteiger partial charge >= 0.3 is 0 Å². The number of nitrogen functional groups attached to an aromatic ring is 1. The van der Waals surface area contributed by atoms with Gasteiger partial charge in [0.1, 0.15) is 4.90 Å². The van der Waals surface area contributed by atoms with Crippen molar-refractivity contribution in [3.63, 3.8) is 0 Å². The van der Waals surface area contributed by atoms with Gasteiger partial charge in [-0.25, -0.2) is 13.1 Å². The van der Waals surface area contributed by atoms with Gasteiger partial charge in [0.05, 0.1) is 5.69 Å². The average molecular weight is 285 g/mol. The van der Waals surface area contributed by atoms with Crippen molar-refractivity contribution in [1.82, 2.24) is 4.72 Å². The van der Waals surface area contributed by atoms with Crippen LogP contribution in [0.3, 0.4) is 0 Å². The van der Waals surface area contributed by atoms with Gasteiger partial charge in [-0.3, -0.25) is 0 Å². The van der Waals surface area contributed by atoms with E-state index >= 15 is 0 Å². The summed E-state index contributed by atoms with van der Waals surface area (Å²) in [4.78, 5) is 2.23. The molecule has 5 nitrogen and oxygen atoms in total. The van der Waals surface area contributed by atoms with Crippen molar-refractivity contribution in [3.8, 4) is 0 Å². The van der Waals surface area contributed by atoms with E-state index in [9.17, 15) is 8.42 Å². The second-order valence-electron chi connectivity index (χ2n) is 4.68. The topological polar surface area (TPSA) is 75.4 Å². The van der Waals surface area contributed by atoms with Gasteiger partial charge < -0.3 is 10.6 Å². The van der Waals surface area contributed by atoms with Gasteiger partial charge in [-0.1, -0.05) is 13.3 Å². The molecular weight excluding hydrogens is 262 g/mol. The van der Waals surface area contributed by atoms with Gasteiger partial charge in [-0.15, -0.1) is 0 Å². The first-order valence-electron chi connectivity index (χ1n) is 6.39. The maximum Gasteiger partial charge on any atom is 0.242 e. The van der Waals surface area contributed by atoms with Crippen LogP contribution in [0.15, 0.2) is 23.1 Å². The minimum atomic E-state index is -3.50. The number of rotatable bonds is 6. The smallest absolute Gasteiger partial charge is 0.242 e. The van der Waals surface area contributed by atoms with Gasteiger partial charge in [-0.05, 0) is 38.6 Å². The summed E-state index contributed by atoms with van der Waals surface area (Å²) in [6.07, 6.45) is 2.18. The second kappa shape index (κ2) is 6.25. The third-order valence-electron chi connectivity index (χ3n) is 3.33. The van der Waals surface area contributed by atoms with Crippen molar-refractivity contribution in [1.29, 1.82) is 0 Å². The summed E-state index contributed by atoms with van der Waals surface area (Å²) in [5.74, 6) is 0. The van der Waals surface area contributed by atoms with E-state index in [0.717, 1.165) is 18.5 Å². The summed E-state index contributed by atoms with van der Waals surface area (Å²) in [5, 5.41) is 0. The molecule has 0 heterocycles. The van der Waals surface area contributed by atoms with E-state index in [0.29, 0.717) is 6.04 Å². The van der Waals surface area contributed by atoms with Crippen LogP contribution in [0.2, 0.25) is 0 Å². The van der Waals surface area contributed by atoms with E-state index < -0.39 is 10.0 Å². The van der Waals surface area contributed by atoms with E-state index in [4.69, 9.17) is 5.73 Å². The molecule has 1 aromatic rings. The highest BCUT2D eigenvalue weighted by molar-refractivity contribution is 7.89. The second-order valence-corrected chi connectivity index (χ2v) is 6.53. The zero-order valence-electron chi connectivity index (χ0n) is 12.0. The van der Waals surface area contributed by atoms with E-state index in [1.54, 1.807) is 18.2 Å². The number of nitrogens with two attached hydrogens (primary N) is 1. The van der Waals surface area contributed by atoms with Crippen molar-refractivity contribution >= 4 is 21.4 Å². The summed E-state index contributed by atoms with van der Waals surface area (Å²) < 4.78 is 25.7. The Labute approximate surface area is 115 Å². The normalized spacial score (nSPS) is 13.3. The number of hydrogen-bond donors (Lipinski definition) is 2. The number of benzene rings is 1. The van der Waals surface area contributed by atoms with Gasteiger partial charge in [0.25, 0.3) is 0 Å². The van der Waals surface area contributed by atoms with Gasteiger partial charge in [-0.2, -0.15) is 0 Å². The molecular formula is C13H23N3O2S. The monoisotopic (exact) mass is 285 g/mol. The zero-order valence-corrected chi connectivity index (χ0v) is 12.8. The summed E-state index contributed by atoms with van der Waals surface area (Å²) in [5.41, 5.74) is 7.04. The van der Waals surface area contributed by atoms with Crippen molar-refractivity contribution in [2.75, 3.05) is 24.7 Å². The Kier molecular flexibility index (Phi) is 5.20. The minimum absolute atomic E-state index is 0.121. The van der Waals surface area contributed by atoms with Gasteiger partial charge in [0, 0.05) is 18.8 Å². The molecule has 0 bridgehead atoms. The predicted octanol–water partition coefficient (Wildman–Crippen LogP) is 1.80. The lowest BCUT2D eigenvalue weighted by Gasteiger charge is -2.27. The lowest BCUT2D eigenvalue weighted by Crippen LogP contribution is -2.28. The van der Waals surface area contributed by atoms with Crippen molar-refractivity contribution in [2.24, 2.45) is 0 Å². The highest BCUT2D eigenvalue weighted by Gasteiger charge is 2.17. The molecule has 0 fully saturated rings. The van der Waals surface area contributed by atoms with Crippen molar-refractivity contribution in [2.45, 2.75) is 37.6 Å². The standard InChI is InChI=1S/C13H23N3O2S/c1-5-6-10(2)16(4)11-7-8-13(12(14)9-11)19(17,18)15-3/h7-10,15H,5-6,14H2,1-4H3. The van der Waals surface area contributed by atoms with Crippen LogP contribution in [0.5, 0.6) is 0 Å². The molecule has 0 aliphatic rings. The number of anilines is 2. The van der Waals surface area contributed by atoms with Crippen LogP contribution in [0.1, 0.15) is 26.7 Å². The van der Waals surface area contributed by atoms with Gasteiger partial charge in [0.15, 0.2) is 0 Å². The molecule has 6 heteroatoms. The Morgan fingerprint density at radius 2 is 2.05 bits per heavy atom. The molecule has 1 aromatic carbocycles. The Balaban J connectivity index is 3.07. The van der Waals surface area contributed by atoms with Crippen LogP contribution in [-0.4, -0.2) is 28.6 Å². The molecule has 3 N–H and O–H groups in total. The van der Waals surface area contributed by atoms with Gasteiger partial charge in [0.2, 0.25) is 10.0 Å². The molecule has 0 aromatic heterocycles. The molecule has 1 atom stereocenters. The molecule has 108 valence electrons. The van der Waals surface area contributed by atoms with Crippen LogP contribution in [0, 0.1) is 0 Å². The molecule has 0 amide bonds. The highest BCUT2D eigenvalue weighted by atomic mass is 32.2. The Morgan fingerprint density at radius 3 is 2.53 bits per heavy atom. The first-order chi connectivity index (χ1) is 8.83. The van der Waals surface area contributed by atoms with Crippen LogP contribution in [0.4, 0.5) is 11.4 Å². The Bertz CT molecular complexity index is 529. The van der Waals surface area contributed by atoms with E-state index in [1.807, 2.05) is 7.05 Å². The molecule has 1 rings (SSSR count). The lowest BCUT2D eigenvalue weighted by molar-refractivity contribution is 0.588. The quantitative estimate of drug-likeness (QED) is 0.782. The number of sulfonamides is 1. The average Bonchev–Trinajstić information content (AvgIpc) is 2.37. The van der Waals surface area contributed by atoms with E-state index in [2.05, 4.69) is 23.5 Å². The summed E-state index contributed by atoms with van der Waals surface area (Å²) in [6.45, 7) is 4.28. The third kappa shape index (κ3) is 3.61. The molecule has 19 heavy (non-hydrogen) atoms. The number of hydrogen-bond acceptors (Lipinski definition) is 4. The number of nitrogens with one attached hydrogen (secondary N) is 1. The van der Waals surface area contributed by atoms with E-state index in [-0.39, 0.29) is 10.6 Å². The predicted molar refractivity (Wildman–Crippen MR) is 79.9 cm³/mol. The fourth-order valence-corrected chi connectivity index (χ4v) is 2.81. The Hall–Kier alpha value is -1.27. The largest absolute Gasteiger partial charge is 0.398 e. The first kappa shape index (κ1) is 15.8. The molecule has 0 aliphatic carbocycles. The van der Waals surface area contributed by atoms with Crippen molar-refractivity contribution < 1.29 is 8.42 Å². The first-order valence-corrected chi connectivity index (χ1v) is 7.87. The molecule has 1 unspecified atom stereocenters. The summed E-state index contributed by atoms with van der Waals surface area (Å²) in [7, 11) is -0.135.